The molecule has 144 valence electrons. The fraction of sp³-hybridized carbons (Fsp3) is 0.235. The van der Waals surface area contributed by atoms with Gasteiger partial charge in [0.1, 0.15) is 6.04 Å². The molecule has 0 aromatic heterocycles. The van der Waals surface area contributed by atoms with Gasteiger partial charge in [0.15, 0.2) is 0 Å². The van der Waals surface area contributed by atoms with Gasteiger partial charge in [-0.3, -0.25) is 19.2 Å². The number of nitro groups is 1. The quantitative estimate of drug-likeness (QED) is 0.427. The van der Waals surface area contributed by atoms with Crippen molar-refractivity contribution in [2.24, 2.45) is 0 Å². The number of nitrogens with one attached hydrogen (secondary N) is 1. The van der Waals surface area contributed by atoms with Gasteiger partial charge in [-0.25, -0.2) is 8.42 Å². The summed E-state index contributed by atoms with van der Waals surface area (Å²) in [7, 11) is -3.86. The molecule has 10 heteroatoms. The highest BCUT2D eigenvalue weighted by Crippen LogP contribution is 2.26. The Hall–Kier alpha value is -2.59. The Bertz CT molecular complexity index is 963. The Morgan fingerprint density at radius 2 is 1.89 bits per heavy atom. The predicted molar refractivity (Wildman–Crippen MR) is 107 cm³/mol. The van der Waals surface area contributed by atoms with E-state index in [9.17, 15) is 23.3 Å². The average Bonchev–Trinajstić information content (AvgIpc) is 2.61. The summed E-state index contributed by atoms with van der Waals surface area (Å²) < 4.78 is 25.4. The molecule has 27 heavy (non-hydrogen) atoms. The topological polar surface area (TPSA) is 110 Å². The highest BCUT2D eigenvalue weighted by atomic mass is 32.2. The number of benzene rings is 2. The van der Waals surface area contributed by atoms with Crippen LogP contribution in [0.15, 0.2) is 53.4 Å². The molecule has 0 bridgehead atoms. The molecule has 1 amide bonds. The fourth-order valence-electron chi connectivity index (χ4n) is 2.50. The van der Waals surface area contributed by atoms with Gasteiger partial charge in [0.05, 0.1) is 16.9 Å². The summed E-state index contributed by atoms with van der Waals surface area (Å²) in [6, 6.07) is 11.2. The molecular formula is C17H19N3O5S2. The lowest BCUT2D eigenvalue weighted by Gasteiger charge is -2.28. The van der Waals surface area contributed by atoms with Crippen molar-refractivity contribution < 1.29 is 18.1 Å². The molecule has 0 aliphatic rings. The molecule has 8 nitrogen and oxygen atoms in total. The Morgan fingerprint density at radius 1 is 1.22 bits per heavy atom. The molecule has 2 aromatic carbocycles. The summed E-state index contributed by atoms with van der Waals surface area (Å²) in [4.78, 5) is 23.9. The van der Waals surface area contributed by atoms with Gasteiger partial charge in [-0.15, -0.1) is 11.8 Å². The van der Waals surface area contributed by atoms with Crippen molar-refractivity contribution >= 4 is 44.8 Å². The van der Waals surface area contributed by atoms with Crippen molar-refractivity contribution in [3.63, 3.8) is 0 Å². The van der Waals surface area contributed by atoms with Crippen LogP contribution in [0.5, 0.6) is 0 Å². The number of carbonyl (C=O) groups is 1. The van der Waals surface area contributed by atoms with Gasteiger partial charge >= 0.3 is 0 Å². The first-order valence-electron chi connectivity index (χ1n) is 7.82. The number of hydrogen-bond acceptors (Lipinski definition) is 6. The molecule has 0 aliphatic carbocycles. The molecule has 1 atom stereocenters. The number of rotatable bonds is 7. The van der Waals surface area contributed by atoms with Crippen LogP contribution in [0.4, 0.5) is 17.1 Å². The zero-order valence-electron chi connectivity index (χ0n) is 14.9. The minimum absolute atomic E-state index is 0.0483. The minimum Gasteiger partial charge on any atom is -0.324 e. The molecule has 0 fully saturated rings. The van der Waals surface area contributed by atoms with Gasteiger partial charge in [0.2, 0.25) is 15.9 Å². The minimum atomic E-state index is -3.86. The number of hydrogen-bond donors (Lipinski definition) is 1. The highest BCUT2D eigenvalue weighted by molar-refractivity contribution is 7.98. The van der Waals surface area contributed by atoms with Crippen LogP contribution in [0.3, 0.4) is 0 Å². The van der Waals surface area contributed by atoms with Gasteiger partial charge in [-0.1, -0.05) is 12.1 Å². The van der Waals surface area contributed by atoms with Crippen LogP contribution in [0.25, 0.3) is 0 Å². The molecule has 0 spiro atoms. The van der Waals surface area contributed by atoms with Crippen LogP contribution >= 0.6 is 11.8 Å². The monoisotopic (exact) mass is 409 g/mol. The molecular weight excluding hydrogens is 390 g/mol. The summed E-state index contributed by atoms with van der Waals surface area (Å²) in [5, 5.41) is 13.7. The Morgan fingerprint density at radius 3 is 2.48 bits per heavy atom. The number of nitro benzene ring substituents is 1. The van der Waals surface area contributed by atoms with Gasteiger partial charge in [-0.05, 0) is 37.4 Å². The van der Waals surface area contributed by atoms with E-state index in [0.29, 0.717) is 5.69 Å². The average molecular weight is 409 g/mol. The van der Waals surface area contributed by atoms with Gasteiger partial charge in [0, 0.05) is 22.7 Å². The Kier molecular flexibility index (Phi) is 6.45. The van der Waals surface area contributed by atoms with Crippen LogP contribution in [0.1, 0.15) is 6.92 Å². The van der Waals surface area contributed by atoms with Crippen LogP contribution in [-0.2, 0) is 14.8 Å². The second kappa shape index (κ2) is 8.40. The molecule has 2 rings (SSSR count). The summed E-state index contributed by atoms with van der Waals surface area (Å²) >= 11 is 1.51. The van der Waals surface area contributed by atoms with Gasteiger partial charge in [-0.2, -0.15) is 0 Å². The first-order chi connectivity index (χ1) is 12.6. The van der Waals surface area contributed by atoms with Crippen molar-refractivity contribution in [1.29, 1.82) is 0 Å². The third kappa shape index (κ3) is 5.20. The second-order valence-electron chi connectivity index (χ2n) is 5.73. The first-order valence-corrected chi connectivity index (χ1v) is 10.9. The van der Waals surface area contributed by atoms with Crippen molar-refractivity contribution in [3.8, 4) is 0 Å². The van der Waals surface area contributed by atoms with E-state index in [4.69, 9.17) is 0 Å². The standard InChI is InChI=1S/C17H19N3O5S2/c1-12(17(21)18-13-6-4-9-16(10-13)26-2)19(27(3,24)25)14-7-5-8-15(11-14)20(22)23/h4-12H,1-3H3,(H,18,21)/t12-/m0/s1. The molecule has 0 heterocycles. The molecule has 0 saturated carbocycles. The van der Waals surface area contributed by atoms with Crippen molar-refractivity contribution in [3.05, 3.63) is 58.6 Å². The van der Waals surface area contributed by atoms with E-state index >= 15 is 0 Å². The number of amides is 1. The number of carbonyl (C=O) groups excluding carboxylic acids is 1. The van der Waals surface area contributed by atoms with E-state index in [1.54, 1.807) is 18.2 Å². The number of non-ortho nitro benzene ring substituents is 1. The third-order valence-corrected chi connectivity index (χ3v) is 5.69. The Labute approximate surface area is 161 Å². The maximum atomic E-state index is 12.6. The zero-order valence-corrected chi connectivity index (χ0v) is 16.6. The lowest BCUT2D eigenvalue weighted by Crippen LogP contribution is -2.45. The summed E-state index contributed by atoms with van der Waals surface area (Å²) in [6.45, 7) is 1.42. The summed E-state index contributed by atoms with van der Waals surface area (Å²) in [6.07, 6.45) is 2.85. The second-order valence-corrected chi connectivity index (χ2v) is 8.47. The number of thioether (sulfide) groups is 1. The molecule has 0 aliphatic heterocycles. The van der Waals surface area contributed by atoms with Crippen LogP contribution < -0.4 is 9.62 Å². The van der Waals surface area contributed by atoms with E-state index in [2.05, 4.69) is 5.32 Å². The maximum Gasteiger partial charge on any atom is 0.271 e. The van der Waals surface area contributed by atoms with E-state index in [-0.39, 0.29) is 11.4 Å². The zero-order chi connectivity index (χ0) is 20.2. The number of nitrogens with zero attached hydrogens (tertiary/aromatic N) is 2. The third-order valence-electron chi connectivity index (χ3n) is 3.72. The number of anilines is 2. The van der Waals surface area contributed by atoms with Crippen molar-refractivity contribution in [2.75, 3.05) is 22.1 Å². The molecule has 0 unspecified atom stereocenters. The van der Waals surface area contributed by atoms with Crippen LogP contribution in [0.2, 0.25) is 0 Å². The van der Waals surface area contributed by atoms with Crippen LogP contribution in [-0.4, -0.2) is 37.8 Å². The molecule has 2 aromatic rings. The lowest BCUT2D eigenvalue weighted by atomic mass is 10.2. The van der Waals surface area contributed by atoms with Crippen molar-refractivity contribution in [1.82, 2.24) is 0 Å². The highest BCUT2D eigenvalue weighted by Gasteiger charge is 2.30. The van der Waals surface area contributed by atoms with E-state index in [1.807, 2.05) is 12.3 Å². The van der Waals surface area contributed by atoms with E-state index < -0.39 is 26.9 Å². The lowest BCUT2D eigenvalue weighted by molar-refractivity contribution is -0.384. The molecule has 1 N–H and O–H groups in total. The Balaban J connectivity index is 2.34. The summed E-state index contributed by atoms with van der Waals surface area (Å²) in [5.41, 5.74) is 0.319. The van der Waals surface area contributed by atoms with Gasteiger partial charge in [0.25, 0.3) is 5.69 Å². The van der Waals surface area contributed by atoms with Crippen molar-refractivity contribution in [2.45, 2.75) is 17.9 Å². The first kappa shape index (κ1) is 20.7. The fourth-order valence-corrected chi connectivity index (χ4v) is 4.13. The smallest absolute Gasteiger partial charge is 0.271 e. The SMILES string of the molecule is CSc1cccc(NC(=O)[C@H](C)N(c2cccc([N+](=O)[O-])c2)S(C)(=O)=O)c1. The molecule has 0 saturated heterocycles. The van der Waals surface area contributed by atoms with Gasteiger partial charge < -0.3 is 5.32 Å². The largest absolute Gasteiger partial charge is 0.324 e. The normalized spacial score (nSPS) is 12.3. The summed E-state index contributed by atoms with van der Waals surface area (Å²) in [5.74, 6) is -0.551. The number of sulfonamides is 1. The predicted octanol–water partition coefficient (Wildman–Crippen LogP) is 3.11. The van der Waals surface area contributed by atoms with Crippen LogP contribution in [0, 0.1) is 10.1 Å². The maximum absolute atomic E-state index is 12.6. The van der Waals surface area contributed by atoms with E-state index in [0.717, 1.165) is 21.5 Å². The molecule has 0 radical (unpaired) electrons. The van der Waals surface area contributed by atoms with E-state index in [1.165, 1.54) is 36.9 Å².